The van der Waals surface area contributed by atoms with Gasteiger partial charge in [-0.15, -0.1) is 11.3 Å². The van der Waals surface area contributed by atoms with Gasteiger partial charge in [0.15, 0.2) is 5.13 Å². The maximum absolute atomic E-state index is 8.91. The van der Waals surface area contributed by atoms with E-state index in [2.05, 4.69) is 58.3 Å². The Morgan fingerprint density at radius 1 is 1.36 bits per heavy atom. The van der Waals surface area contributed by atoms with Crippen LogP contribution in [0.3, 0.4) is 0 Å². The highest BCUT2D eigenvalue weighted by Crippen LogP contribution is 2.35. The van der Waals surface area contributed by atoms with E-state index in [4.69, 9.17) is 10.2 Å². The average Bonchev–Trinajstić information content (AvgIpc) is 3.25. The third-order valence-electron chi connectivity index (χ3n) is 4.95. The Hall–Kier alpha value is -2.32. The summed E-state index contributed by atoms with van der Waals surface area (Å²) < 4.78 is 2.18. The van der Waals surface area contributed by atoms with E-state index in [1.54, 1.807) is 11.3 Å². The predicted octanol–water partition coefficient (Wildman–Crippen LogP) is 4.91. The van der Waals surface area contributed by atoms with E-state index in [0.29, 0.717) is 6.42 Å². The van der Waals surface area contributed by atoms with E-state index >= 15 is 0 Å². The largest absolute Gasteiger partial charge is 0.348 e. The number of nitrogens with zero attached hydrogens (tertiary/aromatic N) is 4. The average molecular weight is 350 g/mol. The number of hydrogen-bond acceptors (Lipinski definition) is 4. The number of aromatic nitrogens is 2. The van der Waals surface area contributed by atoms with Crippen molar-refractivity contribution in [3.8, 4) is 17.3 Å². The Balaban J connectivity index is 1.69. The molecule has 0 radical (unpaired) electrons. The molecule has 1 aliphatic rings. The smallest absolute Gasteiger partial charge is 0.185 e. The van der Waals surface area contributed by atoms with Crippen LogP contribution in [0.4, 0.5) is 5.13 Å². The van der Waals surface area contributed by atoms with Gasteiger partial charge in [-0.1, -0.05) is 25.1 Å². The van der Waals surface area contributed by atoms with Crippen LogP contribution in [-0.4, -0.2) is 22.6 Å². The number of fused-ring (bicyclic) bond motifs is 1. The third kappa shape index (κ3) is 3.14. The number of thiazole rings is 1. The molecule has 3 heterocycles. The molecule has 1 saturated heterocycles. The molecule has 0 spiro atoms. The Morgan fingerprint density at radius 3 is 3.08 bits per heavy atom. The normalized spacial score (nSPS) is 17.8. The van der Waals surface area contributed by atoms with Gasteiger partial charge in [0, 0.05) is 47.7 Å². The zero-order chi connectivity index (χ0) is 17.2. The van der Waals surface area contributed by atoms with Crippen LogP contribution in [0.15, 0.2) is 35.8 Å². The maximum atomic E-state index is 8.91. The van der Waals surface area contributed by atoms with Crippen LogP contribution in [-0.2, 0) is 6.54 Å². The number of benzene rings is 1. The molecule has 1 aliphatic heterocycles. The Morgan fingerprint density at radius 2 is 2.24 bits per heavy atom. The number of hydrogen-bond donors (Lipinski definition) is 0. The molecule has 0 N–H and O–H groups in total. The number of para-hydroxylation sites is 1. The molecular formula is C20H22N4S. The number of aryl methyl sites for hydroxylation is 1. The highest BCUT2D eigenvalue weighted by Gasteiger charge is 2.20. The minimum atomic E-state index is 0.520. The number of piperidine rings is 1. The fourth-order valence-electron chi connectivity index (χ4n) is 3.70. The van der Waals surface area contributed by atoms with Crippen molar-refractivity contribution in [2.24, 2.45) is 5.92 Å². The zero-order valence-corrected chi connectivity index (χ0v) is 15.3. The molecule has 5 heteroatoms. The minimum absolute atomic E-state index is 0.520. The SMILES string of the molecule is CC1CCCN(c2nc(-c3cn(CCC#N)c4ccccc34)cs2)C1. The van der Waals surface area contributed by atoms with Crippen LogP contribution in [0.25, 0.3) is 22.2 Å². The lowest BCUT2D eigenvalue weighted by Crippen LogP contribution is -2.34. The molecule has 1 aromatic carbocycles. The molecule has 4 nitrogen and oxygen atoms in total. The fourth-order valence-corrected chi connectivity index (χ4v) is 4.57. The molecule has 3 aromatic rings. The van der Waals surface area contributed by atoms with E-state index in [1.807, 2.05) is 0 Å². The van der Waals surface area contributed by atoms with Gasteiger partial charge in [0.05, 0.1) is 18.2 Å². The molecule has 0 saturated carbocycles. The molecule has 4 rings (SSSR count). The van der Waals surface area contributed by atoms with Crippen molar-refractivity contribution in [2.75, 3.05) is 18.0 Å². The standard InChI is InChI=1S/C20H22N4S/c1-15-6-4-10-24(12-15)20-22-18(14-25-20)17-13-23(11-5-9-21)19-8-3-2-7-16(17)19/h2-3,7-8,13-15H,4-6,10-12H2,1H3. The lowest BCUT2D eigenvalue weighted by Gasteiger charge is -2.30. The van der Waals surface area contributed by atoms with E-state index in [0.717, 1.165) is 36.4 Å². The second kappa shape index (κ2) is 6.89. The van der Waals surface area contributed by atoms with Crippen molar-refractivity contribution in [3.63, 3.8) is 0 Å². The Bertz CT molecular complexity index is 917. The summed E-state index contributed by atoms with van der Waals surface area (Å²) in [6.45, 7) is 5.26. The first-order chi connectivity index (χ1) is 12.3. The molecule has 1 unspecified atom stereocenters. The van der Waals surface area contributed by atoms with Crippen LogP contribution in [0.1, 0.15) is 26.2 Å². The molecule has 0 aliphatic carbocycles. The summed E-state index contributed by atoms with van der Waals surface area (Å²) in [5.74, 6) is 0.744. The highest BCUT2D eigenvalue weighted by atomic mass is 32.1. The van der Waals surface area contributed by atoms with E-state index in [9.17, 15) is 0 Å². The first-order valence-electron chi connectivity index (χ1n) is 8.92. The predicted molar refractivity (Wildman–Crippen MR) is 104 cm³/mol. The van der Waals surface area contributed by atoms with Gasteiger partial charge >= 0.3 is 0 Å². The summed E-state index contributed by atoms with van der Waals surface area (Å²) in [5, 5.41) is 13.4. The maximum Gasteiger partial charge on any atom is 0.185 e. The highest BCUT2D eigenvalue weighted by molar-refractivity contribution is 7.14. The monoisotopic (exact) mass is 350 g/mol. The fraction of sp³-hybridized carbons (Fsp3) is 0.400. The van der Waals surface area contributed by atoms with Crippen LogP contribution >= 0.6 is 11.3 Å². The van der Waals surface area contributed by atoms with Gasteiger partial charge in [0.25, 0.3) is 0 Å². The molecule has 0 bridgehead atoms. The second-order valence-electron chi connectivity index (χ2n) is 6.87. The van der Waals surface area contributed by atoms with Crippen LogP contribution in [0.2, 0.25) is 0 Å². The van der Waals surface area contributed by atoms with Gasteiger partial charge in [0.2, 0.25) is 0 Å². The van der Waals surface area contributed by atoms with Crippen molar-refractivity contribution < 1.29 is 0 Å². The lowest BCUT2D eigenvalue weighted by atomic mass is 10.0. The topological polar surface area (TPSA) is 44.9 Å². The van der Waals surface area contributed by atoms with Gasteiger partial charge in [-0.05, 0) is 24.8 Å². The summed E-state index contributed by atoms with van der Waals surface area (Å²) >= 11 is 1.74. The van der Waals surface area contributed by atoms with Crippen molar-refractivity contribution in [1.29, 1.82) is 5.26 Å². The summed E-state index contributed by atoms with van der Waals surface area (Å²) in [5.41, 5.74) is 3.39. The van der Waals surface area contributed by atoms with Crippen LogP contribution in [0.5, 0.6) is 0 Å². The van der Waals surface area contributed by atoms with Crippen molar-refractivity contribution >= 4 is 27.4 Å². The van der Waals surface area contributed by atoms with Crippen molar-refractivity contribution in [1.82, 2.24) is 9.55 Å². The second-order valence-corrected chi connectivity index (χ2v) is 7.71. The first-order valence-corrected chi connectivity index (χ1v) is 9.80. The van der Waals surface area contributed by atoms with Gasteiger partial charge in [-0.25, -0.2) is 4.98 Å². The number of anilines is 1. The Kier molecular flexibility index (Phi) is 4.46. The molecule has 25 heavy (non-hydrogen) atoms. The minimum Gasteiger partial charge on any atom is -0.348 e. The molecule has 128 valence electrons. The molecule has 2 aromatic heterocycles. The van der Waals surface area contributed by atoms with Crippen molar-refractivity contribution in [2.45, 2.75) is 32.7 Å². The number of nitriles is 1. The van der Waals surface area contributed by atoms with E-state index in [-0.39, 0.29) is 0 Å². The number of rotatable bonds is 4. The zero-order valence-electron chi connectivity index (χ0n) is 14.5. The summed E-state index contributed by atoms with van der Waals surface area (Å²) in [7, 11) is 0. The van der Waals surface area contributed by atoms with Crippen molar-refractivity contribution in [3.05, 3.63) is 35.8 Å². The first kappa shape index (κ1) is 16.2. The molecule has 1 fully saturated rings. The van der Waals surface area contributed by atoms with Gasteiger partial charge in [-0.3, -0.25) is 0 Å². The quantitative estimate of drug-likeness (QED) is 0.671. The summed E-state index contributed by atoms with van der Waals surface area (Å²) in [4.78, 5) is 7.38. The Labute approximate surface area is 152 Å². The molecular weight excluding hydrogens is 328 g/mol. The summed E-state index contributed by atoms with van der Waals surface area (Å²) in [6, 6.07) is 10.6. The molecule has 1 atom stereocenters. The van der Waals surface area contributed by atoms with Gasteiger partial charge in [0.1, 0.15) is 0 Å². The van der Waals surface area contributed by atoms with E-state index in [1.165, 1.54) is 29.3 Å². The van der Waals surface area contributed by atoms with Crippen LogP contribution < -0.4 is 4.90 Å². The van der Waals surface area contributed by atoms with Gasteiger partial charge < -0.3 is 9.47 Å². The lowest BCUT2D eigenvalue weighted by molar-refractivity contribution is 0.446. The molecule has 0 amide bonds. The van der Waals surface area contributed by atoms with Crippen LogP contribution in [0, 0.1) is 17.2 Å². The summed E-state index contributed by atoms with van der Waals surface area (Å²) in [6.07, 6.45) is 5.25. The van der Waals surface area contributed by atoms with E-state index < -0.39 is 0 Å². The third-order valence-corrected chi connectivity index (χ3v) is 5.85. The van der Waals surface area contributed by atoms with Gasteiger partial charge in [-0.2, -0.15) is 5.26 Å².